The summed E-state index contributed by atoms with van der Waals surface area (Å²) in [6.07, 6.45) is 4.59. The molecule has 2 saturated heterocycles. The number of nitrogens with two attached hydrogens (primary N) is 1. The third-order valence-corrected chi connectivity index (χ3v) is 8.48. The number of nitrogens with zero attached hydrogens (tertiary/aromatic N) is 1. The van der Waals surface area contributed by atoms with Crippen molar-refractivity contribution in [1.29, 1.82) is 0 Å². The Morgan fingerprint density at radius 1 is 1.00 bits per heavy atom. The molecule has 42 heavy (non-hydrogen) atoms. The highest BCUT2D eigenvalue weighted by molar-refractivity contribution is 8.00. The second-order valence-electron chi connectivity index (χ2n) is 10.3. The first-order chi connectivity index (χ1) is 20.3. The first-order valence-electron chi connectivity index (χ1n) is 14.8. The molecule has 0 unspecified atom stereocenters. The zero-order chi connectivity index (χ0) is 30.6. The summed E-state index contributed by atoms with van der Waals surface area (Å²) in [5, 5.41) is 18.3. The fraction of sp³-hybridized carbons (Fsp3) is 0.852. The lowest BCUT2D eigenvalue weighted by Gasteiger charge is -2.19. The molecule has 242 valence electrons. The Kier molecular flexibility index (Phi) is 18.4. The lowest BCUT2D eigenvalue weighted by atomic mass is 10.0. The second-order valence-corrected chi connectivity index (χ2v) is 11.6. The first-order valence-corrected chi connectivity index (χ1v) is 15.8. The number of ether oxygens (including phenoxy) is 4. The van der Waals surface area contributed by atoms with Crippen molar-refractivity contribution in [2.45, 2.75) is 68.3 Å². The summed E-state index contributed by atoms with van der Waals surface area (Å²) in [6.45, 7) is 3.46. The number of rotatable bonds is 25. The summed E-state index contributed by atoms with van der Waals surface area (Å²) in [4.78, 5) is 49.3. The number of aliphatic carboxylic acids is 1. The van der Waals surface area contributed by atoms with Gasteiger partial charge in [-0.25, -0.2) is 9.59 Å². The minimum absolute atomic E-state index is 0.0625. The maximum absolute atomic E-state index is 12.5. The fourth-order valence-electron chi connectivity index (χ4n) is 4.68. The van der Waals surface area contributed by atoms with Gasteiger partial charge in [-0.3, -0.25) is 9.59 Å². The predicted molar refractivity (Wildman–Crippen MR) is 157 cm³/mol. The van der Waals surface area contributed by atoms with Gasteiger partial charge in [-0.15, -0.1) is 0 Å². The van der Waals surface area contributed by atoms with Crippen LogP contribution in [0.15, 0.2) is 0 Å². The van der Waals surface area contributed by atoms with Crippen LogP contribution in [0.25, 0.3) is 0 Å². The monoisotopic (exact) mass is 619 g/mol. The molecule has 0 aliphatic carbocycles. The largest absolute Gasteiger partial charge is 0.480 e. The standard InChI is InChI=1S/C27H49N5O9S/c1-32(24(34)8-3-2-7-22-25-21(19-42-22)30-27(37)31-25)10-5-4-6-20(26(35)36)29-23(33)18-41-17-16-40-15-14-39-13-12-38-11-9-28/h20-22,25H,2-19,28H2,1H3,(H,29,33)(H,35,36)(H2,30,31,37)/t20-,21-,22-,25-/m0/s1. The van der Waals surface area contributed by atoms with E-state index in [4.69, 9.17) is 24.7 Å². The molecule has 4 atom stereocenters. The highest BCUT2D eigenvalue weighted by atomic mass is 32.2. The Balaban J connectivity index is 1.45. The third kappa shape index (κ3) is 14.8. The van der Waals surface area contributed by atoms with Crippen molar-refractivity contribution < 1.29 is 43.2 Å². The van der Waals surface area contributed by atoms with E-state index in [0.29, 0.717) is 70.6 Å². The number of carboxylic acid groups (broad SMARTS) is 1. The van der Waals surface area contributed by atoms with Crippen LogP contribution in [-0.4, -0.2) is 136 Å². The van der Waals surface area contributed by atoms with Crippen molar-refractivity contribution in [2.75, 3.05) is 78.7 Å². The topological polar surface area (TPSA) is 191 Å². The lowest BCUT2D eigenvalue weighted by Crippen LogP contribution is -2.42. The molecule has 2 heterocycles. The Hall–Kier alpha value is -2.17. The number of nitrogens with one attached hydrogen (secondary N) is 3. The van der Waals surface area contributed by atoms with Gasteiger partial charge in [0.2, 0.25) is 11.8 Å². The molecule has 2 fully saturated rings. The van der Waals surface area contributed by atoms with Gasteiger partial charge >= 0.3 is 12.0 Å². The molecule has 2 aliphatic heterocycles. The van der Waals surface area contributed by atoms with E-state index >= 15 is 0 Å². The molecule has 0 aromatic heterocycles. The molecule has 0 aromatic carbocycles. The zero-order valence-electron chi connectivity index (χ0n) is 24.7. The Bertz CT molecular complexity index is 825. The third-order valence-electron chi connectivity index (χ3n) is 6.97. The number of fused-ring (bicyclic) bond motifs is 1. The van der Waals surface area contributed by atoms with Crippen molar-refractivity contribution in [2.24, 2.45) is 5.73 Å². The normalized spacial score (nSPS) is 20.0. The highest BCUT2D eigenvalue weighted by Crippen LogP contribution is 2.33. The van der Waals surface area contributed by atoms with E-state index in [-0.39, 0.29) is 50.3 Å². The number of hydrogen-bond donors (Lipinski definition) is 5. The molecule has 2 aliphatic rings. The van der Waals surface area contributed by atoms with Gasteiger partial charge in [-0.05, 0) is 32.1 Å². The maximum atomic E-state index is 12.5. The van der Waals surface area contributed by atoms with E-state index in [1.165, 1.54) is 0 Å². The summed E-state index contributed by atoms with van der Waals surface area (Å²) in [7, 11) is 1.75. The molecular weight excluding hydrogens is 570 g/mol. The minimum atomic E-state index is -1.11. The number of carboxylic acids is 1. The summed E-state index contributed by atoms with van der Waals surface area (Å²) in [5.41, 5.74) is 5.32. The lowest BCUT2D eigenvalue weighted by molar-refractivity contribution is -0.143. The van der Waals surface area contributed by atoms with Gasteiger partial charge in [0, 0.05) is 37.6 Å². The molecule has 0 saturated carbocycles. The number of carbonyl (C=O) groups is 4. The van der Waals surface area contributed by atoms with Crippen LogP contribution in [0, 0.1) is 0 Å². The summed E-state index contributed by atoms with van der Waals surface area (Å²) >= 11 is 1.87. The number of urea groups is 1. The van der Waals surface area contributed by atoms with E-state index in [0.717, 1.165) is 25.0 Å². The molecule has 0 radical (unpaired) electrons. The van der Waals surface area contributed by atoms with E-state index in [1.807, 2.05) is 11.8 Å². The van der Waals surface area contributed by atoms with Crippen LogP contribution in [0.4, 0.5) is 4.79 Å². The summed E-state index contributed by atoms with van der Waals surface area (Å²) < 4.78 is 21.1. The smallest absolute Gasteiger partial charge is 0.326 e. The van der Waals surface area contributed by atoms with Crippen LogP contribution in [0.2, 0.25) is 0 Å². The van der Waals surface area contributed by atoms with Gasteiger partial charge < -0.3 is 50.6 Å². The Morgan fingerprint density at radius 2 is 1.67 bits per heavy atom. The van der Waals surface area contributed by atoms with E-state index in [2.05, 4.69) is 16.0 Å². The molecule has 4 amide bonds. The van der Waals surface area contributed by atoms with E-state index in [9.17, 15) is 24.3 Å². The van der Waals surface area contributed by atoms with Crippen LogP contribution >= 0.6 is 11.8 Å². The highest BCUT2D eigenvalue weighted by Gasteiger charge is 2.42. The molecule has 15 heteroatoms. The van der Waals surface area contributed by atoms with Gasteiger partial charge in [-0.2, -0.15) is 11.8 Å². The van der Waals surface area contributed by atoms with Crippen molar-refractivity contribution in [3.8, 4) is 0 Å². The SMILES string of the molecule is CN(CCCC[C@H](NC(=O)COCCOCCOCCOCCN)C(=O)O)C(=O)CCCC[C@@H]1SC[C@@H]2NC(=O)N[C@@H]21. The number of amides is 4. The zero-order valence-corrected chi connectivity index (χ0v) is 25.5. The van der Waals surface area contributed by atoms with Gasteiger partial charge in [0.15, 0.2) is 0 Å². The molecule has 0 bridgehead atoms. The van der Waals surface area contributed by atoms with Crippen LogP contribution < -0.4 is 21.7 Å². The quantitative estimate of drug-likeness (QED) is 0.0679. The minimum Gasteiger partial charge on any atom is -0.480 e. The molecule has 6 N–H and O–H groups in total. The van der Waals surface area contributed by atoms with Crippen LogP contribution in [0.1, 0.15) is 44.9 Å². The summed E-state index contributed by atoms with van der Waals surface area (Å²) in [5.74, 6) is -0.624. The first kappa shape index (κ1) is 36.0. The number of carbonyl (C=O) groups excluding carboxylic acids is 3. The second kappa shape index (κ2) is 21.5. The molecule has 14 nitrogen and oxygen atoms in total. The van der Waals surface area contributed by atoms with Gasteiger partial charge in [0.25, 0.3) is 0 Å². The van der Waals surface area contributed by atoms with Crippen LogP contribution in [-0.2, 0) is 33.3 Å². The average Bonchev–Trinajstić information content (AvgIpc) is 3.51. The van der Waals surface area contributed by atoms with Crippen molar-refractivity contribution >= 4 is 35.6 Å². The van der Waals surface area contributed by atoms with Crippen molar-refractivity contribution in [3.63, 3.8) is 0 Å². The average molecular weight is 620 g/mol. The molecule has 0 spiro atoms. The van der Waals surface area contributed by atoms with Crippen LogP contribution in [0.5, 0.6) is 0 Å². The molecule has 2 rings (SSSR count). The van der Waals surface area contributed by atoms with E-state index in [1.54, 1.807) is 11.9 Å². The van der Waals surface area contributed by atoms with Crippen molar-refractivity contribution in [1.82, 2.24) is 20.9 Å². The number of hydrogen-bond acceptors (Lipinski definition) is 10. The Morgan fingerprint density at radius 3 is 2.33 bits per heavy atom. The fourth-order valence-corrected chi connectivity index (χ4v) is 6.22. The van der Waals surface area contributed by atoms with Crippen LogP contribution in [0.3, 0.4) is 0 Å². The Labute approximate surface area is 252 Å². The predicted octanol–water partition coefficient (Wildman–Crippen LogP) is -0.0646. The van der Waals surface area contributed by atoms with Gasteiger partial charge in [0.05, 0.1) is 58.3 Å². The van der Waals surface area contributed by atoms with Gasteiger partial charge in [0.1, 0.15) is 12.6 Å². The van der Waals surface area contributed by atoms with Crippen molar-refractivity contribution in [3.05, 3.63) is 0 Å². The summed E-state index contributed by atoms with van der Waals surface area (Å²) in [6, 6.07) is -0.711. The number of thioether (sulfide) groups is 1. The molecular formula is C27H49N5O9S. The number of unbranched alkanes of at least 4 members (excludes halogenated alkanes) is 2. The molecule has 0 aromatic rings. The van der Waals surface area contributed by atoms with E-state index < -0.39 is 17.9 Å². The maximum Gasteiger partial charge on any atom is 0.326 e. The van der Waals surface area contributed by atoms with Gasteiger partial charge in [-0.1, -0.05) is 6.42 Å².